The van der Waals surface area contributed by atoms with Crippen LogP contribution in [0.3, 0.4) is 0 Å². The van der Waals surface area contributed by atoms with Crippen molar-refractivity contribution in [2.75, 3.05) is 26.5 Å². The summed E-state index contributed by atoms with van der Waals surface area (Å²) in [7, 11) is 0.640. The second-order valence-corrected chi connectivity index (χ2v) is 9.02. The highest BCUT2D eigenvalue weighted by molar-refractivity contribution is 9.10. The van der Waals surface area contributed by atoms with E-state index in [0.29, 0.717) is 11.3 Å². The summed E-state index contributed by atoms with van der Waals surface area (Å²) < 4.78 is 32.1. The number of halogens is 1. The van der Waals surface area contributed by atoms with Gasteiger partial charge in [-0.15, -0.1) is 0 Å². The standard InChI is InChI=1S/C19H21BrN2O4S/c1-13-11-15(20)7-8-16(13)21-19(23)10-6-14-5-9-17(26-4)18(12-14)27(24,25)22(2)3/h5-12H,1-4H3,(H,21,23)/b10-6+. The van der Waals surface area contributed by atoms with E-state index in [0.717, 1.165) is 14.3 Å². The number of carbonyl (C=O) groups is 1. The van der Waals surface area contributed by atoms with Crippen LogP contribution in [0.25, 0.3) is 6.08 Å². The monoisotopic (exact) mass is 452 g/mol. The quantitative estimate of drug-likeness (QED) is 0.678. The highest BCUT2D eigenvalue weighted by Crippen LogP contribution is 2.27. The van der Waals surface area contributed by atoms with E-state index < -0.39 is 10.0 Å². The van der Waals surface area contributed by atoms with Crippen LogP contribution in [-0.2, 0) is 14.8 Å². The van der Waals surface area contributed by atoms with Gasteiger partial charge in [0.25, 0.3) is 0 Å². The van der Waals surface area contributed by atoms with Gasteiger partial charge in [0.15, 0.2) is 0 Å². The lowest BCUT2D eigenvalue weighted by Gasteiger charge is -2.15. The van der Waals surface area contributed by atoms with E-state index in [1.54, 1.807) is 24.3 Å². The molecule has 0 radical (unpaired) electrons. The van der Waals surface area contributed by atoms with Crippen LogP contribution in [0.2, 0.25) is 0 Å². The number of methoxy groups -OCH3 is 1. The molecule has 2 rings (SSSR count). The number of rotatable bonds is 6. The van der Waals surface area contributed by atoms with Crippen LogP contribution < -0.4 is 10.1 Å². The lowest BCUT2D eigenvalue weighted by Crippen LogP contribution is -2.22. The number of nitrogens with zero attached hydrogens (tertiary/aromatic N) is 1. The van der Waals surface area contributed by atoms with E-state index in [9.17, 15) is 13.2 Å². The molecule has 0 saturated heterocycles. The number of nitrogens with one attached hydrogen (secondary N) is 1. The normalized spacial score (nSPS) is 11.8. The van der Waals surface area contributed by atoms with Gasteiger partial charge < -0.3 is 10.1 Å². The van der Waals surface area contributed by atoms with Crippen molar-refractivity contribution in [3.63, 3.8) is 0 Å². The summed E-state index contributed by atoms with van der Waals surface area (Å²) >= 11 is 3.38. The molecule has 2 aromatic rings. The van der Waals surface area contributed by atoms with Crippen LogP contribution in [0.15, 0.2) is 51.8 Å². The van der Waals surface area contributed by atoms with Crippen LogP contribution in [0.1, 0.15) is 11.1 Å². The van der Waals surface area contributed by atoms with Crippen molar-refractivity contribution >= 4 is 43.6 Å². The first-order valence-electron chi connectivity index (χ1n) is 8.01. The van der Waals surface area contributed by atoms with E-state index in [2.05, 4.69) is 21.2 Å². The van der Waals surface area contributed by atoms with Crippen molar-refractivity contribution in [1.29, 1.82) is 0 Å². The molecule has 144 valence electrons. The molecule has 0 heterocycles. The largest absolute Gasteiger partial charge is 0.495 e. The molecule has 0 spiro atoms. The van der Waals surface area contributed by atoms with E-state index >= 15 is 0 Å². The molecule has 0 fully saturated rings. The average molecular weight is 453 g/mol. The summed E-state index contributed by atoms with van der Waals surface area (Å²) in [4.78, 5) is 12.2. The van der Waals surface area contributed by atoms with Gasteiger partial charge in [-0.3, -0.25) is 4.79 Å². The predicted molar refractivity (Wildman–Crippen MR) is 110 cm³/mol. The summed E-state index contributed by atoms with van der Waals surface area (Å²) in [6.07, 6.45) is 2.91. The Morgan fingerprint density at radius 3 is 2.48 bits per heavy atom. The van der Waals surface area contributed by atoms with E-state index in [-0.39, 0.29) is 16.6 Å². The number of carbonyl (C=O) groups excluding carboxylic acids is 1. The lowest BCUT2D eigenvalue weighted by molar-refractivity contribution is -0.111. The summed E-state index contributed by atoms with van der Waals surface area (Å²) in [6.45, 7) is 1.89. The Balaban J connectivity index is 2.25. The number of ether oxygens (including phenoxy) is 1. The molecule has 0 aromatic heterocycles. The van der Waals surface area contributed by atoms with Crippen LogP contribution >= 0.6 is 15.9 Å². The smallest absolute Gasteiger partial charge is 0.248 e. The zero-order chi connectivity index (χ0) is 20.2. The maximum Gasteiger partial charge on any atom is 0.248 e. The first-order valence-corrected chi connectivity index (χ1v) is 10.2. The molecule has 1 N–H and O–H groups in total. The Bertz CT molecular complexity index is 985. The minimum Gasteiger partial charge on any atom is -0.495 e. The third-order valence-corrected chi connectivity index (χ3v) is 6.15. The zero-order valence-corrected chi connectivity index (χ0v) is 17.9. The van der Waals surface area contributed by atoms with Crippen LogP contribution in [0.4, 0.5) is 5.69 Å². The zero-order valence-electron chi connectivity index (χ0n) is 15.5. The molecular weight excluding hydrogens is 432 g/mol. The molecular formula is C19H21BrN2O4S. The van der Waals surface area contributed by atoms with Crippen LogP contribution in [0.5, 0.6) is 5.75 Å². The topological polar surface area (TPSA) is 75.7 Å². The summed E-state index contributed by atoms with van der Waals surface area (Å²) in [5.41, 5.74) is 2.20. The first-order chi connectivity index (χ1) is 12.6. The van der Waals surface area contributed by atoms with Gasteiger partial charge >= 0.3 is 0 Å². The predicted octanol–water partition coefficient (Wildman–Crippen LogP) is 3.67. The first kappa shape index (κ1) is 21.1. The molecule has 1 amide bonds. The Morgan fingerprint density at radius 1 is 1.19 bits per heavy atom. The van der Waals surface area contributed by atoms with Crippen molar-refractivity contribution < 1.29 is 17.9 Å². The number of sulfonamides is 1. The fourth-order valence-corrected chi connectivity index (χ4v) is 3.87. The molecule has 8 heteroatoms. The summed E-state index contributed by atoms with van der Waals surface area (Å²) in [5.74, 6) is -0.0657. The van der Waals surface area contributed by atoms with Crippen LogP contribution in [-0.4, -0.2) is 39.8 Å². The Labute approximate surface area is 168 Å². The lowest BCUT2D eigenvalue weighted by atomic mass is 10.2. The number of aryl methyl sites for hydroxylation is 1. The average Bonchev–Trinajstić information content (AvgIpc) is 2.62. The highest BCUT2D eigenvalue weighted by Gasteiger charge is 2.22. The van der Waals surface area contributed by atoms with Crippen molar-refractivity contribution in [2.24, 2.45) is 0 Å². The molecule has 0 aliphatic rings. The van der Waals surface area contributed by atoms with Crippen LogP contribution in [0, 0.1) is 6.92 Å². The van der Waals surface area contributed by atoms with Gasteiger partial charge in [0.1, 0.15) is 10.6 Å². The minimum absolute atomic E-state index is 0.0429. The second-order valence-electron chi connectivity index (χ2n) is 5.98. The van der Waals surface area contributed by atoms with Gasteiger partial charge in [-0.25, -0.2) is 12.7 Å². The van der Waals surface area contributed by atoms with E-state index in [1.165, 1.54) is 33.3 Å². The van der Waals surface area contributed by atoms with E-state index in [1.807, 2.05) is 19.1 Å². The van der Waals surface area contributed by atoms with Crippen molar-refractivity contribution in [3.05, 3.63) is 58.1 Å². The summed E-state index contributed by atoms with van der Waals surface area (Å²) in [6, 6.07) is 10.3. The third-order valence-electron chi connectivity index (χ3n) is 3.82. The number of hydrogen-bond donors (Lipinski definition) is 1. The van der Waals surface area contributed by atoms with Gasteiger partial charge in [0.2, 0.25) is 15.9 Å². The van der Waals surface area contributed by atoms with Crippen molar-refractivity contribution in [3.8, 4) is 5.75 Å². The molecule has 0 unspecified atom stereocenters. The molecule has 0 saturated carbocycles. The molecule has 27 heavy (non-hydrogen) atoms. The van der Waals surface area contributed by atoms with Crippen molar-refractivity contribution in [1.82, 2.24) is 4.31 Å². The Morgan fingerprint density at radius 2 is 1.89 bits per heavy atom. The number of amides is 1. The number of anilines is 1. The number of benzene rings is 2. The minimum atomic E-state index is -3.67. The SMILES string of the molecule is COc1ccc(/C=C/C(=O)Nc2ccc(Br)cc2C)cc1S(=O)(=O)N(C)C. The molecule has 6 nitrogen and oxygen atoms in total. The van der Waals surface area contributed by atoms with Gasteiger partial charge in [-0.1, -0.05) is 22.0 Å². The Hall–Kier alpha value is -2.16. The van der Waals surface area contributed by atoms with Gasteiger partial charge in [-0.05, 0) is 54.5 Å². The maximum absolute atomic E-state index is 12.4. The molecule has 2 aromatic carbocycles. The van der Waals surface area contributed by atoms with E-state index in [4.69, 9.17) is 4.74 Å². The number of hydrogen-bond acceptors (Lipinski definition) is 4. The van der Waals surface area contributed by atoms with Gasteiger partial charge in [-0.2, -0.15) is 0 Å². The molecule has 0 aliphatic heterocycles. The maximum atomic E-state index is 12.4. The van der Waals surface area contributed by atoms with Crippen molar-refractivity contribution in [2.45, 2.75) is 11.8 Å². The second kappa shape index (κ2) is 8.69. The van der Waals surface area contributed by atoms with Gasteiger partial charge in [0, 0.05) is 30.3 Å². The highest BCUT2D eigenvalue weighted by atomic mass is 79.9. The van der Waals surface area contributed by atoms with Gasteiger partial charge in [0.05, 0.1) is 7.11 Å². The fraction of sp³-hybridized carbons (Fsp3) is 0.211. The molecule has 0 bridgehead atoms. The molecule has 0 aliphatic carbocycles. The Kier molecular flexibility index (Phi) is 6.80. The third kappa shape index (κ3) is 5.18. The summed E-state index contributed by atoms with van der Waals surface area (Å²) in [5, 5.41) is 2.80. The fourth-order valence-electron chi connectivity index (χ4n) is 2.31. The molecule has 0 atom stereocenters.